The topological polar surface area (TPSA) is 55.1 Å². The van der Waals surface area contributed by atoms with Crippen LogP contribution >= 0.6 is 0 Å². The molecule has 98 valence electrons. The zero-order chi connectivity index (χ0) is 13.7. The largest absolute Gasteiger partial charge is 0.368 e. The summed E-state index contributed by atoms with van der Waals surface area (Å²) < 4.78 is 0. The van der Waals surface area contributed by atoms with Crippen molar-refractivity contribution in [3.8, 4) is 0 Å². The fourth-order valence-corrected chi connectivity index (χ4v) is 2.08. The quantitative estimate of drug-likeness (QED) is 0.861. The average Bonchev–Trinajstić information content (AvgIpc) is 2.46. The van der Waals surface area contributed by atoms with Gasteiger partial charge in [-0.3, -0.25) is 10.1 Å². The maximum Gasteiger partial charge on any atom is 0.239 e. The lowest BCUT2D eigenvalue weighted by atomic mass is 10.0. The summed E-state index contributed by atoms with van der Waals surface area (Å²) in [5.74, 6) is -0.367. The first kappa shape index (κ1) is 13.3. The monoisotopic (exact) mass is 254 g/mol. The lowest BCUT2D eigenvalue weighted by molar-refractivity contribution is -0.120. The summed E-state index contributed by atoms with van der Waals surface area (Å²) in [4.78, 5) is 11.6. The van der Waals surface area contributed by atoms with Gasteiger partial charge in [-0.2, -0.15) is 0 Å². The minimum absolute atomic E-state index is 0.0545. The van der Waals surface area contributed by atoms with Crippen LogP contribution in [0.3, 0.4) is 0 Å². The molecule has 3 N–H and O–H groups in total. The van der Waals surface area contributed by atoms with Crippen molar-refractivity contribution in [3.63, 3.8) is 0 Å². The Hall–Kier alpha value is -2.13. The van der Waals surface area contributed by atoms with E-state index in [2.05, 4.69) is 5.32 Å². The van der Waals surface area contributed by atoms with Crippen LogP contribution in [0.2, 0.25) is 0 Å². The molecule has 0 aliphatic heterocycles. The van der Waals surface area contributed by atoms with Crippen LogP contribution in [0, 0.1) is 0 Å². The van der Waals surface area contributed by atoms with Gasteiger partial charge in [0.15, 0.2) is 0 Å². The van der Waals surface area contributed by atoms with Crippen molar-refractivity contribution in [2.45, 2.75) is 19.0 Å². The molecule has 0 aliphatic carbocycles. The first-order chi connectivity index (χ1) is 9.18. The lowest BCUT2D eigenvalue weighted by Crippen LogP contribution is -2.35. The normalized spacial score (nSPS) is 13.7. The molecule has 1 amide bonds. The first-order valence-corrected chi connectivity index (χ1v) is 6.33. The second-order valence-electron chi connectivity index (χ2n) is 4.55. The molecular weight excluding hydrogens is 236 g/mol. The van der Waals surface area contributed by atoms with Crippen LogP contribution in [0.5, 0.6) is 0 Å². The Morgan fingerprint density at radius 2 is 1.42 bits per heavy atom. The molecule has 3 heteroatoms. The molecule has 3 nitrogen and oxygen atoms in total. The Morgan fingerprint density at radius 3 is 1.89 bits per heavy atom. The lowest BCUT2D eigenvalue weighted by Gasteiger charge is -2.21. The van der Waals surface area contributed by atoms with Crippen molar-refractivity contribution in [3.05, 3.63) is 71.8 Å². The van der Waals surface area contributed by atoms with E-state index in [4.69, 9.17) is 5.73 Å². The van der Waals surface area contributed by atoms with Crippen molar-refractivity contribution in [2.75, 3.05) is 0 Å². The van der Waals surface area contributed by atoms with Crippen LogP contribution in [0.1, 0.15) is 30.1 Å². The third-order valence-corrected chi connectivity index (χ3v) is 3.13. The van der Waals surface area contributed by atoms with E-state index in [1.54, 1.807) is 0 Å². The molecule has 2 aromatic carbocycles. The van der Waals surface area contributed by atoms with E-state index in [9.17, 15) is 4.79 Å². The Morgan fingerprint density at radius 1 is 0.947 bits per heavy atom. The van der Waals surface area contributed by atoms with Crippen molar-refractivity contribution in [2.24, 2.45) is 5.73 Å². The van der Waals surface area contributed by atoms with E-state index in [0.29, 0.717) is 0 Å². The molecule has 0 heterocycles. The summed E-state index contributed by atoms with van der Waals surface area (Å²) in [5.41, 5.74) is 7.51. The minimum Gasteiger partial charge on any atom is -0.368 e. The molecule has 2 aromatic rings. The zero-order valence-corrected chi connectivity index (χ0v) is 10.9. The van der Waals surface area contributed by atoms with Crippen LogP contribution in [0.15, 0.2) is 60.7 Å². The molecule has 0 saturated heterocycles. The predicted molar refractivity (Wildman–Crippen MR) is 76.4 cm³/mol. The van der Waals surface area contributed by atoms with Gasteiger partial charge in [-0.25, -0.2) is 0 Å². The van der Waals surface area contributed by atoms with E-state index in [1.165, 1.54) is 0 Å². The molecule has 0 aromatic heterocycles. The van der Waals surface area contributed by atoms with Gasteiger partial charge < -0.3 is 5.73 Å². The fraction of sp³-hybridized carbons (Fsp3) is 0.188. The highest BCUT2D eigenvalue weighted by Gasteiger charge is 2.19. The first-order valence-electron chi connectivity index (χ1n) is 6.33. The van der Waals surface area contributed by atoms with Crippen molar-refractivity contribution >= 4 is 5.91 Å². The summed E-state index contributed by atoms with van der Waals surface area (Å²) in [7, 11) is 0. The number of nitrogens with two attached hydrogens (primary N) is 1. The summed E-state index contributed by atoms with van der Waals surface area (Å²) in [6.45, 7) is 2.02. The molecule has 0 bridgehead atoms. The molecule has 2 rings (SSSR count). The Bertz CT molecular complexity index is 525. The number of carbonyl (C=O) groups excluding carboxylic acids is 1. The number of primary amides is 1. The standard InChI is InChI=1S/C16H18N2O/c1-12(13-8-4-2-5-9-13)18-15(16(17)19)14-10-6-3-7-11-14/h2-12,15,18H,1H3,(H2,17,19)/t12-,15+/m0/s1. The number of amides is 1. The third-order valence-electron chi connectivity index (χ3n) is 3.13. The van der Waals surface area contributed by atoms with Crippen molar-refractivity contribution in [1.29, 1.82) is 0 Å². The van der Waals surface area contributed by atoms with Gasteiger partial charge in [0.2, 0.25) is 5.91 Å². The maximum atomic E-state index is 11.6. The molecule has 0 saturated carbocycles. The number of nitrogens with one attached hydrogen (secondary N) is 1. The molecular formula is C16H18N2O. The minimum atomic E-state index is -0.476. The van der Waals surface area contributed by atoms with Crippen LogP contribution < -0.4 is 11.1 Å². The predicted octanol–water partition coefficient (Wildman–Crippen LogP) is 2.56. The zero-order valence-electron chi connectivity index (χ0n) is 10.9. The maximum absolute atomic E-state index is 11.6. The molecule has 0 aliphatic rings. The number of benzene rings is 2. The molecule has 0 radical (unpaired) electrons. The van der Waals surface area contributed by atoms with Gasteiger partial charge in [-0.05, 0) is 18.1 Å². The van der Waals surface area contributed by atoms with Gasteiger partial charge in [-0.15, -0.1) is 0 Å². The van der Waals surface area contributed by atoms with Crippen LogP contribution in [0.4, 0.5) is 0 Å². The third kappa shape index (κ3) is 3.42. The van der Waals surface area contributed by atoms with Gasteiger partial charge in [0.25, 0.3) is 0 Å². The van der Waals surface area contributed by atoms with Gasteiger partial charge in [0, 0.05) is 6.04 Å². The SMILES string of the molecule is C[C@H](N[C@@H](C(N)=O)c1ccccc1)c1ccccc1. The van der Waals surface area contributed by atoms with Gasteiger partial charge in [0.05, 0.1) is 0 Å². The molecule has 19 heavy (non-hydrogen) atoms. The van der Waals surface area contributed by atoms with Crippen LogP contribution in [0.25, 0.3) is 0 Å². The molecule has 2 atom stereocenters. The smallest absolute Gasteiger partial charge is 0.239 e. The van der Waals surface area contributed by atoms with Crippen molar-refractivity contribution in [1.82, 2.24) is 5.32 Å². The number of hydrogen-bond acceptors (Lipinski definition) is 2. The van der Waals surface area contributed by atoms with Crippen molar-refractivity contribution < 1.29 is 4.79 Å². The van der Waals surface area contributed by atoms with Crippen LogP contribution in [-0.2, 0) is 4.79 Å². The van der Waals surface area contributed by atoms with E-state index in [0.717, 1.165) is 11.1 Å². The summed E-state index contributed by atoms with van der Waals surface area (Å²) in [6.07, 6.45) is 0. The Labute approximate surface area is 113 Å². The van der Waals surface area contributed by atoms with Crippen LogP contribution in [-0.4, -0.2) is 5.91 Å². The van der Waals surface area contributed by atoms with E-state index in [1.807, 2.05) is 67.6 Å². The van der Waals surface area contributed by atoms with Gasteiger partial charge >= 0.3 is 0 Å². The number of rotatable bonds is 5. The Balaban J connectivity index is 2.16. The molecule has 0 unspecified atom stereocenters. The van der Waals surface area contributed by atoms with E-state index in [-0.39, 0.29) is 11.9 Å². The number of carbonyl (C=O) groups is 1. The second-order valence-corrected chi connectivity index (χ2v) is 4.55. The molecule has 0 fully saturated rings. The summed E-state index contributed by atoms with van der Waals surface area (Å²) >= 11 is 0. The highest BCUT2D eigenvalue weighted by atomic mass is 16.1. The fourth-order valence-electron chi connectivity index (χ4n) is 2.08. The summed E-state index contributed by atoms with van der Waals surface area (Å²) in [5, 5.41) is 3.27. The average molecular weight is 254 g/mol. The summed E-state index contributed by atoms with van der Waals surface area (Å²) in [6, 6.07) is 19.1. The number of hydrogen-bond donors (Lipinski definition) is 2. The molecule has 0 spiro atoms. The van der Waals surface area contributed by atoms with Gasteiger partial charge in [-0.1, -0.05) is 60.7 Å². The highest BCUT2D eigenvalue weighted by Crippen LogP contribution is 2.19. The second kappa shape index (κ2) is 6.16. The highest BCUT2D eigenvalue weighted by molar-refractivity contribution is 5.81. The van der Waals surface area contributed by atoms with E-state index >= 15 is 0 Å². The van der Waals surface area contributed by atoms with Gasteiger partial charge in [0.1, 0.15) is 6.04 Å². The van der Waals surface area contributed by atoms with E-state index < -0.39 is 6.04 Å². The Kier molecular flexibility index (Phi) is 4.31.